The van der Waals surface area contributed by atoms with Gasteiger partial charge in [-0.25, -0.2) is 4.98 Å². The third-order valence-corrected chi connectivity index (χ3v) is 4.82. The minimum absolute atomic E-state index is 0.000869. The summed E-state index contributed by atoms with van der Waals surface area (Å²) in [6.45, 7) is 1.56. The van der Waals surface area contributed by atoms with Crippen LogP contribution in [0, 0.1) is 0 Å². The van der Waals surface area contributed by atoms with Gasteiger partial charge in [0.25, 0.3) is 0 Å². The van der Waals surface area contributed by atoms with Gasteiger partial charge in [-0.15, -0.1) is 0 Å². The second kappa shape index (κ2) is 8.27. The lowest BCUT2D eigenvalue weighted by Gasteiger charge is -2.24. The van der Waals surface area contributed by atoms with Crippen molar-refractivity contribution in [3.63, 3.8) is 0 Å². The van der Waals surface area contributed by atoms with Gasteiger partial charge in [-0.05, 0) is 17.7 Å². The molecule has 2 heterocycles. The van der Waals surface area contributed by atoms with Crippen molar-refractivity contribution < 1.29 is 14.3 Å². The minimum Gasteiger partial charge on any atom is -0.496 e. The van der Waals surface area contributed by atoms with E-state index in [2.05, 4.69) is 14.9 Å². The zero-order chi connectivity index (χ0) is 19.3. The number of carbonyl (C=O) groups excluding carboxylic acids is 1. The van der Waals surface area contributed by atoms with Gasteiger partial charge in [-0.1, -0.05) is 42.5 Å². The Kier molecular flexibility index (Phi) is 5.39. The lowest BCUT2D eigenvalue weighted by molar-refractivity contribution is -0.121. The fourth-order valence-electron chi connectivity index (χ4n) is 3.37. The van der Waals surface area contributed by atoms with Crippen LogP contribution in [-0.2, 0) is 29.1 Å². The van der Waals surface area contributed by atoms with E-state index in [1.54, 1.807) is 7.11 Å². The minimum atomic E-state index is -0.0769. The predicted molar refractivity (Wildman–Crippen MR) is 106 cm³/mol. The number of amides is 1. The SMILES string of the molecule is COc1ccccc1-c1cn2c(n1)CO[C@@H](CNC(=O)Cc1ccccc1)C2. The summed E-state index contributed by atoms with van der Waals surface area (Å²) in [4.78, 5) is 16.8. The van der Waals surface area contributed by atoms with Crippen molar-refractivity contribution in [1.29, 1.82) is 0 Å². The highest BCUT2D eigenvalue weighted by molar-refractivity contribution is 5.78. The first kappa shape index (κ1) is 18.3. The monoisotopic (exact) mass is 377 g/mol. The van der Waals surface area contributed by atoms with Gasteiger partial charge in [0.15, 0.2) is 0 Å². The zero-order valence-electron chi connectivity index (χ0n) is 15.8. The molecule has 0 spiro atoms. The maximum atomic E-state index is 12.2. The number of carbonyl (C=O) groups is 1. The van der Waals surface area contributed by atoms with Crippen LogP contribution in [0.4, 0.5) is 0 Å². The molecule has 0 saturated carbocycles. The van der Waals surface area contributed by atoms with Crippen LogP contribution in [-0.4, -0.2) is 35.2 Å². The molecular formula is C22H23N3O3. The number of ether oxygens (including phenoxy) is 2. The fourth-order valence-corrected chi connectivity index (χ4v) is 3.37. The molecular weight excluding hydrogens is 354 g/mol. The Hall–Kier alpha value is -3.12. The Balaban J connectivity index is 1.37. The highest BCUT2D eigenvalue weighted by Gasteiger charge is 2.22. The molecule has 0 saturated heterocycles. The van der Waals surface area contributed by atoms with Crippen molar-refractivity contribution in [3.8, 4) is 17.0 Å². The lowest BCUT2D eigenvalue weighted by atomic mass is 10.1. The molecule has 1 atom stereocenters. The van der Waals surface area contributed by atoms with Gasteiger partial charge in [0.1, 0.15) is 18.2 Å². The van der Waals surface area contributed by atoms with Gasteiger partial charge >= 0.3 is 0 Å². The molecule has 2 aromatic carbocycles. The smallest absolute Gasteiger partial charge is 0.224 e. The molecule has 1 N–H and O–H groups in total. The Morgan fingerprint density at radius 3 is 2.82 bits per heavy atom. The first-order valence-corrected chi connectivity index (χ1v) is 9.34. The molecule has 6 nitrogen and oxygen atoms in total. The number of nitrogens with zero attached hydrogens (tertiary/aromatic N) is 2. The fraction of sp³-hybridized carbons (Fsp3) is 0.273. The normalized spacial score (nSPS) is 15.7. The lowest BCUT2D eigenvalue weighted by Crippen LogP contribution is -2.39. The zero-order valence-corrected chi connectivity index (χ0v) is 15.8. The van der Waals surface area contributed by atoms with Crippen LogP contribution in [0.25, 0.3) is 11.3 Å². The van der Waals surface area contributed by atoms with Crippen LogP contribution < -0.4 is 10.1 Å². The maximum absolute atomic E-state index is 12.2. The molecule has 1 aromatic heterocycles. The molecule has 1 aliphatic heterocycles. The van der Waals surface area contributed by atoms with E-state index in [0.29, 0.717) is 26.1 Å². The summed E-state index contributed by atoms with van der Waals surface area (Å²) in [6, 6.07) is 17.6. The molecule has 4 rings (SSSR count). The molecule has 6 heteroatoms. The number of imidazole rings is 1. The molecule has 0 unspecified atom stereocenters. The largest absolute Gasteiger partial charge is 0.496 e. The van der Waals surface area contributed by atoms with Gasteiger partial charge in [-0.2, -0.15) is 0 Å². The topological polar surface area (TPSA) is 65.4 Å². The molecule has 0 aliphatic carbocycles. The summed E-state index contributed by atoms with van der Waals surface area (Å²) >= 11 is 0. The number of hydrogen-bond donors (Lipinski definition) is 1. The van der Waals surface area contributed by atoms with E-state index in [0.717, 1.165) is 28.4 Å². The molecule has 28 heavy (non-hydrogen) atoms. The summed E-state index contributed by atoms with van der Waals surface area (Å²) in [7, 11) is 1.66. The number of hydrogen-bond acceptors (Lipinski definition) is 4. The van der Waals surface area contributed by atoms with E-state index >= 15 is 0 Å². The molecule has 0 bridgehead atoms. The summed E-state index contributed by atoms with van der Waals surface area (Å²) in [5.41, 5.74) is 2.83. The van der Waals surface area contributed by atoms with Gasteiger partial charge in [0.2, 0.25) is 5.91 Å². The number of aromatic nitrogens is 2. The number of benzene rings is 2. The summed E-state index contributed by atoms with van der Waals surface area (Å²) < 4.78 is 13.4. The highest BCUT2D eigenvalue weighted by atomic mass is 16.5. The molecule has 0 radical (unpaired) electrons. The second-order valence-electron chi connectivity index (χ2n) is 6.79. The highest BCUT2D eigenvalue weighted by Crippen LogP contribution is 2.30. The number of methoxy groups -OCH3 is 1. The van der Waals surface area contributed by atoms with Crippen LogP contribution in [0.2, 0.25) is 0 Å². The Morgan fingerprint density at radius 1 is 1.21 bits per heavy atom. The Bertz CT molecular complexity index is 953. The van der Waals surface area contributed by atoms with Gasteiger partial charge in [-0.3, -0.25) is 4.79 Å². The van der Waals surface area contributed by atoms with E-state index in [9.17, 15) is 4.79 Å². The molecule has 0 fully saturated rings. The quantitative estimate of drug-likeness (QED) is 0.717. The van der Waals surface area contributed by atoms with Crippen molar-refractivity contribution in [2.75, 3.05) is 13.7 Å². The third kappa shape index (κ3) is 4.07. The summed E-state index contributed by atoms with van der Waals surface area (Å²) in [5.74, 6) is 1.68. The van der Waals surface area contributed by atoms with Gasteiger partial charge in [0.05, 0.1) is 31.9 Å². The average molecular weight is 377 g/mol. The van der Waals surface area contributed by atoms with Crippen molar-refractivity contribution >= 4 is 5.91 Å². The average Bonchev–Trinajstić information content (AvgIpc) is 3.16. The number of fused-ring (bicyclic) bond motifs is 1. The van der Waals surface area contributed by atoms with Crippen LogP contribution in [0.3, 0.4) is 0 Å². The predicted octanol–water partition coefficient (Wildman–Crippen LogP) is 2.82. The molecule has 1 aliphatic rings. The van der Waals surface area contributed by atoms with Crippen molar-refractivity contribution in [3.05, 3.63) is 72.2 Å². The first-order chi connectivity index (χ1) is 13.7. The van der Waals surface area contributed by atoms with E-state index in [4.69, 9.17) is 9.47 Å². The van der Waals surface area contributed by atoms with E-state index in [1.165, 1.54) is 0 Å². The maximum Gasteiger partial charge on any atom is 0.224 e. The standard InChI is InChI=1S/C22H23N3O3/c1-27-20-10-6-5-9-18(20)19-14-25-13-17(28-15-21(25)24-19)12-23-22(26)11-16-7-3-2-4-8-16/h2-10,14,17H,11-13,15H2,1H3,(H,23,26)/t17-/m0/s1. The molecule has 1 amide bonds. The van der Waals surface area contributed by atoms with E-state index in [1.807, 2.05) is 60.8 Å². The second-order valence-corrected chi connectivity index (χ2v) is 6.79. The van der Waals surface area contributed by atoms with Crippen molar-refractivity contribution in [2.24, 2.45) is 0 Å². The molecule has 144 valence electrons. The third-order valence-electron chi connectivity index (χ3n) is 4.82. The number of para-hydroxylation sites is 1. The first-order valence-electron chi connectivity index (χ1n) is 9.34. The van der Waals surface area contributed by atoms with E-state index < -0.39 is 0 Å². The van der Waals surface area contributed by atoms with Gasteiger partial charge < -0.3 is 19.4 Å². The summed E-state index contributed by atoms with van der Waals surface area (Å²) in [5, 5.41) is 2.97. The van der Waals surface area contributed by atoms with Crippen molar-refractivity contribution in [2.45, 2.75) is 25.7 Å². The number of nitrogens with one attached hydrogen (secondary N) is 1. The van der Waals surface area contributed by atoms with Crippen LogP contribution in [0.1, 0.15) is 11.4 Å². The van der Waals surface area contributed by atoms with Crippen molar-refractivity contribution in [1.82, 2.24) is 14.9 Å². The Morgan fingerprint density at radius 2 is 2.00 bits per heavy atom. The Labute approximate surface area is 164 Å². The van der Waals surface area contributed by atoms with E-state index in [-0.39, 0.29) is 12.0 Å². The number of rotatable bonds is 6. The van der Waals surface area contributed by atoms with Gasteiger partial charge in [0, 0.05) is 18.3 Å². The molecule has 3 aromatic rings. The summed E-state index contributed by atoms with van der Waals surface area (Å²) in [6.07, 6.45) is 2.32. The van der Waals surface area contributed by atoms with Crippen LogP contribution >= 0.6 is 0 Å². The van der Waals surface area contributed by atoms with Crippen LogP contribution in [0.5, 0.6) is 5.75 Å². The van der Waals surface area contributed by atoms with Crippen LogP contribution in [0.15, 0.2) is 60.8 Å².